The van der Waals surface area contributed by atoms with Gasteiger partial charge in [-0.1, -0.05) is 23.2 Å². The molecule has 1 heterocycles. The molecule has 0 saturated heterocycles. The SMILES string of the molecule is Nc1c(Cl)cc(C(=O)NCCCc2ncn[nH]2)cc1Cl. The van der Waals surface area contributed by atoms with Gasteiger partial charge in [-0.3, -0.25) is 9.89 Å². The Bertz CT molecular complexity index is 577. The monoisotopic (exact) mass is 313 g/mol. The molecule has 0 radical (unpaired) electrons. The molecule has 0 aliphatic carbocycles. The fraction of sp³-hybridized carbons (Fsp3) is 0.250. The van der Waals surface area contributed by atoms with Crippen molar-refractivity contribution in [2.24, 2.45) is 0 Å². The van der Waals surface area contributed by atoms with Crippen LogP contribution in [0.25, 0.3) is 0 Å². The smallest absolute Gasteiger partial charge is 0.251 e. The number of aromatic amines is 1. The van der Waals surface area contributed by atoms with E-state index >= 15 is 0 Å². The fourth-order valence-corrected chi connectivity index (χ4v) is 2.11. The van der Waals surface area contributed by atoms with Gasteiger partial charge in [0.05, 0.1) is 15.7 Å². The number of nitrogen functional groups attached to an aromatic ring is 1. The Labute approximate surface area is 125 Å². The molecule has 0 fully saturated rings. The van der Waals surface area contributed by atoms with Crippen LogP contribution in [-0.4, -0.2) is 27.6 Å². The first kappa shape index (κ1) is 14.6. The lowest BCUT2D eigenvalue weighted by atomic mass is 10.2. The van der Waals surface area contributed by atoms with Gasteiger partial charge in [0.25, 0.3) is 5.91 Å². The molecule has 1 aromatic heterocycles. The van der Waals surface area contributed by atoms with Gasteiger partial charge in [-0.25, -0.2) is 4.98 Å². The van der Waals surface area contributed by atoms with E-state index in [1.807, 2.05) is 0 Å². The van der Waals surface area contributed by atoms with Gasteiger partial charge in [-0.15, -0.1) is 0 Å². The number of amides is 1. The molecule has 0 saturated carbocycles. The van der Waals surface area contributed by atoms with E-state index in [1.165, 1.54) is 18.5 Å². The van der Waals surface area contributed by atoms with Crippen LogP contribution in [0, 0.1) is 0 Å². The number of aromatic nitrogens is 3. The molecule has 106 valence electrons. The third kappa shape index (κ3) is 3.61. The zero-order valence-corrected chi connectivity index (χ0v) is 12.0. The highest BCUT2D eigenvalue weighted by Gasteiger charge is 2.10. The molecule has 0 atom stereocenters. The Morgan fingerprint density at radius 3 is 2.65 bits per heavy atom. The number of hydrogen-bond donors (Lipinski definition) is 3. The van der Waals surface area contributed by atoms with Gasteiger partial charge >= 0.3 is 0 Å². The second-order valence-electron chi connectivity index (χ2n) is 4.15. The Hall–Kier alpha value is -1.79. The van der Waals surface area contributed by atoms with E-state index in [0.29, 0.717) is 18.5 Å². The first-order chi connectivity index (χ1) is 9.58. The summed E-state index contributed by atoms with van der Waals surface area (Å²) in [5.41, 5.74) is 6.27. The molecule has 8 heteroatoms. The highest BCUT2D eigenvalue weighted by atomic mass is 35.5. The molecule has 20 heavy (non-hydrogen) atoms. The van der Waals surface area contributed by atoms with Crippen molar-refractivity contribution in [2.75, 3.05) is 12.3 Å². The molecule has 1 aromatic carbocycles. The summed E-state index contributed by atoms with van der Waals surface area (Å²) in [4.78, 5) is 15.9. The van der Waals surface area contributed by atoms with Gasteiger partial charge in [0, 0.05) is 18.5 Å². The van der Waals surface area contributed by atoms with Crippen molar-refractivity contribution in [1.29, 1.82) is 0 Å². The molecular formula is C12H13Cl2N5O. The molecule has 0 aliphatic rings. The van der Waals surface area contributed by atoms with Crippen molar-refractivity contribution < 1.29 is 4.79 Å². The molecule has 0 unspecified atom stereocenters. The number of rotatable bonds is 5. The summed E-state index contributed by atoms with van der Waals surface area (Å²) in [5, 5.41) is 9.81. The van der Waals surface area contributed by atoms with E-state index in [4.69, 9.17) is 28.9 Å². The van der Waals surface area contributed by atoms with E-state index < -0.39 is 0 Å². The lowest BCUT2D eigenvalue weighted by Crippen LogP contribution is -2.25. The van der Waals surface area contributed by atoms with Gasteiger partial charge < -0.3 is 11.1 Å². The second kappa shape index (κ2) is 6.58. The Balaban J connectivity index is 1.86. The molecule has 4 N–H and O–H groups in total. The number of nitrogens with zero attached hydrogens (tertiary/aromatic N) is 2. The van der Waals surface area contributed by atoms with Crippen LogP contribution < -0.4 is 11.1 Å². The van der Waals surface area contributed by atoms with Crippen molar-refractivity contribution in [2.45, 2.75) is 12.8 Å². The average molecular weight is 314 g/mol. The Morgan fingerprint density at radius 1 is 1.35 bits per heavy atom. The number of H-pyrrole nitrogens is 1. The molecule has 6 nitrogen and oxygen atoms in total. The Kier molecular flexibility index (Phi) is 4.81. The highest BCUT2D eigenvalue weighted by Crippen LogP contribution is 2.28. The number of nitrogens with one attached hydrogen (secondary N) is 2. The summed E-state index contributed by atoms with van der Waals surface area (Å²) < 4.78 is 0. The summed E-state index contributed by atoms with van der Waals surface area (Å²) in [5.74, 6) is 0.546. The Morgan fingerprint density at radius 2 is 2.05 bits per heavy atom. The number of hydrogen-bond acceptors (Lipinski definition) is 4. The summed E-state index contributed by atoms with van der Waals surface area (Å²) in [7, 11) is 0. The largest absolute Gasteiger partial charge is 0.396 e. The van der Waals surface area contributed by atoms with Crippen molar-refractivity contribution in [3.05, 3.63) is 39.9 Å². The predicted molar refractivity (Wildman–Crippen MR) is 77.9 cm³/mol. The van der Waals surface area contributed by atoms with Crippen LogP contribution in [0.5, 0.6) is 0 Å². The minimum atomic E-state index is -0.244. The van der Waals surface area contributed by atoms with E-state index in [0.717, 1.165) is 12.2 Å². The van der Waals surface area contributed by atoms with Crippen LogP contribution in [-0.2, 0) is 6.42 Å². The molecule has 0 aliphatic heterocycles. The van der Waals surface area contributed by atoms with Crippen LogP contribution in [0.3, 0.4) is 0 Å². The molecule has 0 bridgehead atoms. The maximum Gasteiger partial charge on any atom is 0.251 e. The summed E-state index contributed by atoms with van der Waals surface area (Å²) in [6.45, 7) is 0.513. The lowest BCUT2D eigenvalue weighted by Gasteiger charge is -2.07. The highest BCUT2D eigenvalue weighted by molar-refractivity contribution is 6.39. The number of carbonyl (C=O) groups excluding carboxylic acids is 1. The normalized spacial score (nSPS) is 10.5. The number of halogens is 2. The van der Waals surface area contributed by atoms with Crippen LogP contribution in [0.4, 0.5) is 5.69 Å². The molecular weight excluding hydrogens is 301 g/mol. The zero-order valence-electron chi connectivity index (χ0n) is 10.5. The molecule has 0 spiro atoms. The van der Waals surface area contributed by atoms with E-state index in [-0.39, 0.29) is 21.6 Å². The van der Waals surface area contributed by atoms with Crippen molar-refractivity contribution in [3.8, 4) is 0 Å². The van der Waals surface area contributed by atoms with E-state index in [2.05, 4.69) is 20.5 Å². The van der Waals surface area contributed by atoms with Crippen LogP contribution in [0.1, 0.15) is 22.6 Å². The topological polar surface area (TPSA) is 96.7 Å². The number of nitrogens with two attached hydrogens (primary N) is 1. The molecule has 1 amide bonds. The standard InChI is InChI=1S/C12H13Cl2N5O/c13-8-4-7(5-9(14)11(8)15)12(20)16-3-1-2-10-17-6-18-19-10/h4-6H,1-3,15H2,(H,16,20)(H,17,18,19). The minimum Gasteiger partial charge on any atom is -0.396 e. The number of benzene rings is 1. The van der Waals surface area contributed by atoms with Gasteiger partial charge in [0.1, 0.15) is 12.2 Å². The third-order valence-corrected chi connectivity index (χ3v) is 3.31. The molecule has 2 aromatic rings. The maximum atomic E-state index is 11.9. The van der Waals surface area contributed by atoms with E-state index in [9.17, 15) is 4.79 Å². The quantitative estimate of drug-likeness (QED) is 0.581. The second-order valence-corrected chi connectivity index (χ2v) is 4.96. The zero-order chi connectivity index (χ0) is 14.5. The van der Waals surface area contributed by atoms with Crippen LogP contribution in [0.2, 0.25) is 10.0 Å². The summed E-state index contributed by atoms with van der Waals surface area (Å²) >= 11 is 11.8. The maximum absolute atomic E-state index is 11.9. The number of anilines is 1. The molecule has 2 rings (SSSR count). The summed E-state index contributed by atoms with van der Waals surface area (Å²) in [6.07, 6.45) is 2.91. The average Bonchev–Trinajstić information content (AvgIpc) is 2.93. The minimum absolute atomic E-state index is 0.244. The van der Waals surface area contributed by atoms with E-state index in [1.54, 1.807) is 0 Å². The van der Waals surface area contributed by atoms with Gasteiger partial charge in [0.15, 0.2) is 0 Å². The first-order valence-corrected chi connectivity index (χ1v) is 6.70. The third-order valence-electron chi connectivity index (χ3n) is 2.68. The first-order valence-electron chi connectivity index (χ1n) is 5.95. The number of aryl methyl sites for hydroxylation is 1. The fourth-order valence-electron chi connectivity index (χ4n) is 1.63. The van der Waals surface area contributed by atoms with Crippen LogP contribution >= 0.6 is 23.2 Å². The van der Waals surface area contributed by atoms with Crippen molar-refractivity contribution in [3.63, 3.8) is 0 Å². The summed E-state index contributed by atoms with van der Waals surface area (Å²) in [6, 6.07) is 2.99. The van der Waals surface area contributed by atoms with Crippen LogP contribution in [0.15, 0.2) is 18.5 Å². The van der Waals surface area contributed by atoms with Gasteiger partial charge in [-0.05, 0) is 18.6 Å². The van der Waals surface area contributed by atoms with Crippen molar-refractivity contribution >= 4 is 34.8 Å². The predicted octanol–water partition coefficient (Wildman–Crippen LogP) is 2.06. The van der Waals surface area contributed by atoms with Gasteiger partial charge in [-0.2, -0.15) is 5.10 Å². The lowest BCUT2D eigenvalue weighted by molar-refractivity contribution is 0.0953. The van der Waals surface area contributed by atoms with Crippen molar-refractivity contribution in [1.82, 2.24) is 20.5 Å². The number of carbonyl (C=O) groups is 1. The van der Waals surface area contributed by atoms with Gasteiger partial charge in [0.2, 0.25) is 0 Å².